The van der Waals surface area contributed by atoms with Crippen LogP contribution in [0.2, 0.25) is 0 Å². The molecule has 0 atom stereocenters. The molecule has 5 nitrogen and oxygen atoms in total. The van der Waals surface area contributed by atoms with E-state index in [4.69, 9.17) is 0 Å². The molecule has 1 heterocycles. The van der Waals surface area contributed by atoms with Crippen molar-refractivity contribution in [1.29, 1.82) is 0 Å². The number of nitrogens with zero attached hydrogens (tertiary/aromatic N) is 1. The smallest absolute Gasteiger partial charge is 0.319 e. The fourth-order valence-electron chi connectivity index (χ4n) is 2.78. The van der Waals surface area contributed by atoms with Crippen LogP contribution in [-0.4, -0.2) is 18.5 Å². The molecule has 2 aromatic carbocycles. The number of halogens is 1. The maximum absolute atomic E-state index is 12.8. The summed E-state index contributed by atoms with van der Waals surface area (Å²) in [6.07, 6.45) is 0.824. The fraction of sp³-hybridized carbons (Fsp3) is 0.222. The minimum Gasteiger partial charge on any atom is -0.334 e. The van der Waals surface area contributed by atoms with E-state index in [1.165, 1.54) is 24.3 Å². The topological polar surface area (TPSA) is 61.4 Å². The predicted octanol–water partition coefficient (Wildman–Crippen LogP) is 3.06. The molecule has 6 heteroatoms. The first kappa shape index (κ1) is 16.0. The van der Waals surface area contributed by atoms with Crippen molar-refractivity contribution < 1.29 is 14.0 Å². The molecule has 0 saturated heterocycles. The number of fused-ring (bicyclic) bond motifs is 1. The van der Waals surface area contributed by atoms with Crippen molar-refractivity contribution in [1.82, 2.24) is 5.32 Å². The summed E-state index contributed by atoms with van der Waals surface area (Å²) >= 11 is 0. The van der Waals surface area contributed by atoms with Gasteiger partial charge in [0.2, 0.25) is 5.91 Å². The average Bonchev–Trinajstić information content (AvgIpc) is 2.98. The van der Waals surface area contributed by atoms with Crippen molar-refractivity contribution in [3.05, 3.63) is 59.4 Å². The number of anilines is 2. The summed E-state index contributed by atoms with van der Waals surface area (Å²) in [4.78, 5) is 25.2. The highest BCUT2D eigenvalue weighted by Gasteiger charge is 2.21. The van der Waals surface area contributed by atoms with E-state index >= 15 is 0 Å². The monoisotopic (exact) mass is 327 g/mol. The summed E-state index contributed by atoms with van der Waals surface area (Å²) in [5.41, 5.74) is 3.55. The van der Waals surface area contributed by atoms with Crippen LogP contribution in [0.1, 0.15) is 18.1 Å². The number of amides is 3. The Morgan fingerprint density at radius 2 is 1.92 bits per heavy atom. The Labute approximate surface area is 139 Å². The van der Waals surface area contributed by atoms with Gasteiger partial charge in [0.15, 0.2) is 0 Å². The van der Waals surface area contributed by atoms with Crippen LogP contribution in [0, 0.1) is 5.82 Å². The van der Waals surface area contributed by atoms with Crippen LogP contribution in [0.3, 0.4) is 0 Å². The van der Waals surface area contributed by atoms with Crippen molar-refractivity contribution >= 4 is 23.3 Å². The molecule has 0 aromatic heterocycles. The molecular weight excluding hydrogens is 309 g/mol. The number of carbonyl (C=O) groups excluding carboxylic acids is 2. The van der Waals surface area contributed by atoms with E-state index in [0.29, 0.717) is 18.8 Å². The van der Waals surface area contributed by atoms with Gasteiger partial charge in [-0.25, -0.2) is 9.18 Å². The van der Waals surface area contributed by atoms with Gasteiger partial charge in [-0.1, -0.05) is 12.1 Å². The minimum atomic E-state index is -0.354. The lowest BCUT2D eigenvalue weighted by Gasteiger charge is -2.15. The third kappa shape index (κ3) is 3.53. The van der Waals surface area contributed by atoms with E-state index in [1.807, 2.05) is 18.2 Å². The van der Waals surface area contributed by atoms with Gasteiger partial charge in [-0.2, -0.15) is 0 Å². The Kier molecular flexibility index (Phi) is 4.46. The summed E-state index contributed by atoms with van der Waals surface area (Å²) in [5, 5.41) is 5.41. The Morgan fingerprint density at radius 1 is 1.17 bits per heavy atom. The normalized spacial score (nSPS) is 12.7. The third-order valence-corrected chi connectivity index (χ3v) is 3.97. The minimum absolute atomic E-state index is 0.0401. The number of benzene rings is 2. The van der Waals surface area contributed by atoms with Crippen molar-refractivity contribution in [2.24, 2.45) is 0 Å². The number of hydrogen-bond acceptors (Lipinski definition) is 2. The molecular formula is C18H18FN3O2. The zero-order chi connectivity index (χ0) is 17.1. The quantitative estimate of drug-likeness (QED) is 0.910. The van der Waals surface area contributed by atoms with E-state index in [0.717, 1.165) is 23.2 Å². The molecule has 1 aliphatic rings. The predicted molar refractivity (Wildman–Crippen MR) is 90.4 cm³/mol. The molecule has 2 N–H and O–H groups in total. The highest BCUT2D eigenvalue weighted by atomic mass is 19.1. The van der Waals surface area contributed by atoms with E-state index in [9.17, 15) is 14.0 Å². The second-order valence-corrected chi connectivity index (χ2v) is 5.70. The molecule has 0 spiro atoms. The molecule has 124 valence electrons. The third-order valence-electron chi connectivity index (χ3n) is 3.97. The van der Waals surface area contributed by atoms with Crippen LogP contribution in [0.4, 0.5) is 20.6 Å². The lowest BCUT2D eigenvalue weighted by molar-refractivity contribution is -0.116. The highest BCUT2D eigenvalue weighted by Crippen LogP contribution is 2.28. The van der Waals surface area contributed by atoms with Crippen LogP contribution < -0.4 is 15.5 Å². The van der Waals surface area contributed by atoms with Gasteiger partial charge >= 0.3 is 6.03 Å². The van der Waals surface area contributed by atoms with E-state index in [1.54, 1.807) is 11.8 Å². The van der Waals surface area contributed by atoms with Crippen molar-refractivity contribution in [3.63, 3.8) is 0 Å². The van der Waals surface area contributed by atoms with E-state index in [2.05, 4.69) is 10.6 Å². The van der Waals surface area contributed by atoms with Crippen molar-refractivity contribution in [2.45, 2.75) is 19.9 Å². The molecule has 1 aliphatic heterocycles. The lowest BCUT2D eigenvalue weighted by atomic mass is 10.1. The van der Waals surface area contributed by atoms with Crippen LogP contribution in [-0.2, 0) is 17.8 Å². The first-order chi connectivity index (χ1) is 11.5. The fourth-order valence-corrected chi connectivity index (χ4v) is 2.78. The molecule has 0 unspecified atom stereocenters. The van der Waals surface area contributed by atoms with Gasteiger partial charge in [-0.3, -0.25) is 4.79 Å². The number of urea groups is 1. The van der Waals surface area contributed by atoms with Crippen molar-refractivity contribution in [3.8, 4) is 0 Å². The maximum Gasteiger partial charge on any atom is 0.319 e. The van der Waals surface area contributed by atoms with E-state index < -0.39 is 0 Å². The zero-order valence-electron chi connectivity index (χ0n) is 13.3. The van der Waals surface area contributed by atoms with Gasteiger partial charge in [0, 0.05) is 31.4 Å². The average molecular weight is 327 g/mol. The Balaban J connectivity index is 1.58. The summed E-state index contributed by atoms with van der Waals surface area (Å²) in [6.45, 7) is 2.64. The molecule has 0 saturated carbocycles. The van der Waals surface area contributed by atoms with Crippen molar-refractivity contribution in [2.75, 3.05) is 16.8 Å². The van der Waals surface area contributed by atoms with Gasteiger partial charge in [0.25, 0.3) is 0 Å². The van der Waals surface area contributed by atoms with E-state index in [-0.39, 0.29) is 17.8 Å². The molecule has 0 bridgehead atoms. The first-order valence-electron chi connectivity index (χ1n) is 7.73. The number of hydrogen-bond donors (Lipinski definition) is 2. The van der Waals surface area contributed by atoms with Crippen LogP contribution in [0.15, 0.2) is 42.5 Å². The molecule has 3 rings (SSSR count). The van der Waals surface area contributed by atoms with Gasteiger partial charge in [-0.05, 0) is 47.9 Å². The van der Waals surface area contributed by atoms with Gasteiger partial charge in [-0.15, -0.1) is 0 Å². The number of rotatable bonds is 3. The summed E-state index contributed by atoms with van der Waals surface area (Å²) in [6, 6.07) is 11.1. The largest absolute Gasteiger partial charge is 0.334 e. The second kappa shape index (κ2) is 6.70. The standard InChI is InChI=1S/C18H18FN3O2/c1-12(23)22-9-8-14-10-13(2-7-17(14)22)11-20-18(24)21-16-5-3-15(19)4-6-16/h2-7,10H,8-9,11H2,1H3,(H2,20,21,24). The molecule has 3 amide bonds. The summed E-state index contributed by atoms with van der Waals surface area (Å²) in [7, 11) is 0. The number of nitrogens with one attached hydrogen (secondary N) is 2. The first-order valence-corrected chi connectivity index (χ1v) is 7.73. The number of carbonyl (C=O) groups is 2. The summed E-state index contributed by atoms with van der Waals surface area (Å²) in [5.74, 6) is -0.308. The Morgan fingerprint density at radius 3 is 2.62 bits per heavy atom. The SMILES string of the molecule is CC(=O)N1CCc2cc(CNC(=O)Nc3ccc(F)cc3)ccc21. The van der Waals surface area contributed by atoms with Gasteiger partial charge < -0.3 is 15.5 Å². The zero-order valence-corrected chi connectivity index (χ0v) is 13.3. The highest BCUT2D eigenvalue weighted by molar-refractivity contribution is 5.93. The Bertz CT molecular complexity index is 774. The molecule has 2 aromatic rings. The molecule has 0 radical (unpaired) electrons. The van der Waals surface area contributed by atoms with Crippen LogP contribution >= 0.6 is 0 Å². The van der Waals surface area contributed by atoms with Gasteiger partial charge in [0.1, 0.15) is 5.82 Å². The van der Waals surface area contributed by atoms with Crippen LogP contribution in [0.25, 0.3) is 0 Å². The molecule has 0 fully saturated rings. The van der Waals surface area contributed by atoms with Crippen LogP contribution in [0.5, 0.6) is 0 Å². The summed E-state index contributed by atoms with van der Waals surface area (Å²) < 4.78 is 12.8. The maximum atomic E-state index is 12.8. The Hall–Kier alpha value is -2.89. The molecule has 24 heavy (non-hydrogen) atoms. The van der Waals surface area contributed by atoms with Gasteiger partial charge in [0.05, 0.1) is 0 Å². The lowest BCUT2D eigenvalue weighted by Crippen LogP contribution is -2.28. The second-order valence-electron chi connectivity index (χ2n) is 5.70. The molecule has 0 aliphatic carbocycles.